The molecule has 73 heavy (non-hydrogen) atoms. The Morgan fingerprint density at radius 1 is 0.247 bits per heavy atom. The molecule has 2 N–H and O–H groups in total. The first-order chi connectivity index (χ1) is 34.8. The van der Waals surface area contributed by atoms with Gasteiger partial charge >= 0.3 is 27.7 Å². The van der Waals surface area contributed by atoms with Gasteiger partial charge < -0.3 is 28.7 Å². The Hall–Kier alpha value is -6.24. The van der Waals surface area contributed by atoms with E-state index < -0.39 is 29.5 Å². The number of nitrogens with zero attached hydrogens (tertiary/aromatic N) is 2. The molecule has 0 radical (unpaired) electrons. The van der Waals surface area contributed by atoms with Crippen molar-refractivity contribution in [2.75, 3.05) is 0 Å². The van der Waals surface area contributed by atoms with E-state index in [1.54, 1.807) is 243 Å². The third-order valence-electron chi connectivity index (χ3n) is 9.94. The van der Waals surface area contributed by atoms with E-state index in [9.17, 15) is 37.8 Å². The number of hydrogen-bond acceptors (Lipinski definition) is 8. The predicted molar refractivity (Wildman–Crippen MR) is 292 cm³/mol. The first-order valence-corrected chi connectivity index (χ1v) is 28.8. The SMILES string of the molecule is O=P(O)(c1ccccc1)c1ccccc1.O=P(O)(c1ccccc1)c1ccccc1.O=P([O-])(c1ccccc1)c1ccccc1.O=P([O-])(c1ccccc1)c1ccccc1.[Hg+2].c1ccncc1.c1ccncc1. The van der Waals surface area contributed by atoms with Crippen molar-refractivity contribution in [3.8, 4) is 0 Å². The van der Waals surface area contributed by atoms with E-state index in [0.29, 0.717) is 42.4 Å². The summed E-state index contributed by atoms with van der Waals surface area (Å²) in [6.07, 6.45) is 7.00. The van der Waals surface area contributed by atoms with E-state index in [1.807, 2.05) is 60.7 Å². The van der Waals surface area contributed by atoms with Gasteiger partial charge in [0.15, 0.2) is 0 Å². The summed E-state index contributed by atoms with van der Waals surface area (Å²) in [4.78, 5) is 51.7. The third-order valence-corrected chi connectivity index (χ3v) is 17.8. The second kappa shape index (κ2) is 31.4. The van der Waals surface area contributed by atoms with Gasteiger partial charge in [0.2, 0.25) is 0 Å². The summed E-state index contributed by atoms with van der Waals surface area (Å²) in [5, 5.41) is 3.31. The van der Waals surface area contributed by atoms with Gasteiger partial charge in [-0.2, -0.15) is 0 Å². The van der Waals surface area contributed by atoms with Crippen molar-refractivity contribution in [2.24, 2.45) is 0 Å². The minimum Gasteiger partial charge on any atom is -0.793 e. The van der Waals surface area contributed by atoms with E-state index in [1.165, 1.54) is 0 Å². The molecule has 0 aliphatic heterocycles. The van der Waals surface area contributed by atoms with Gasteiger partial charge in [-0.05, 0) is 72.8 Å². The Morgan fingerprint density at radius 3 is 0.507 bits per heavy atom. The van der Waals surface area contributed by atoms with Crippen LogP contribution < -0.4 is 52.2 Å². The number of pyridine rings is 2. The van der Waals surface area contributed by atoms with Crippen LogP contribution in [0.15, 0.2) is 304 Å². The van der Waals surface area contributed by atoms with Gasteiger partial charge in [-0.25, -0.2) is 0 Å². The van der Waals surface area contributed by atoms with Gasteiger partial charge in [0.05, 0.1) is 14.7 Å². The largest absolute Gasteiger partial charge is 2.00 e. The molecule has 8 aromatic carbocycles. The van der Waals surface area contributed by atoms with Crippen molar-refractivity contribution in [1.82, 2.24) is 9.97 Å². The standard InChI is InChI=1S/4C12H11O2P.2C5H5N.Hg/c4*13-15(14,11-7-3-1-4-8-11)12-9-5-2-6-10-12;2*1-2-4-6-5-3-1;/h4*1-10H,(H,13,14);2*1-5H;/q;;;;;;+2/p-2. The van der Waals surface area contributed by atoms with E-state index >= 15 is 0 Å². The van der Waals surface area contributed by atoms with E-state index in [2.05, 4.69) is 9.97 Å². The molecular formula is C58H52HgN2O8P4. The molecule has 10 nitrogen and oxygen atoms in total. The zero-order chi connectivity index (χ0) is 51.4. The predicted octanol–water partition coefficient (Wildman–Crippen LogP) is 8.53. The van der Waals surface area contributed by atoms with E-state index in [-0.39, 0.29) is 27.7 Å². The molecule has 2 aromatic heterocycles. The monoisotopic (exact) mass is 1230 g/mol. The maximum atomic E-state index is 12.2. The van der Waals surface area contributed by atoms with Crippen LogP contribution in [-0.2, 0) is 45.9 Å². The smallest absolute Gasteiger partial charge is 0.793 e. The first kappa shape index (κ1) is 59.3. The van der Waals surface area contributed by atoms with Crippen molar-refractivity contribution >= 4 is 71.9 Å². The molecule has 10 rings (SSSR count). The van der Waals surface area contributed by atoms with Crippen LogP contribution in [0.5, 0.6) is 0 Å². The van der Waals surface area contributed by atoms with Gasteiger partial charge in [-0.15, -0.1) is 0 Å². The van der Waals surface area contributed by atoms with Crippen molar-refractivity contribution in [3.05, 3.63) is 304 Å². The van der Waals surface area contributed by atoms with Crippen LogP contribution in [-0.4, -0.2) is 19.8 Å². The molecule has 0 amide bonds. The molecule has 0 fully saturated rings. The van der Waals surface area contributed by atoms with Gasteiger partial charge in [0, 0.05) is 67.2 Å². The maximum Gasteiger partial charge on any atom is 2.00 e. The van der Waals surface area contributed by atoms with Crippen LogP contribution in [0.4, 0.5) is 0 Å². The van der Waals surface area contributed by atoms with Crippen LogP contribution in [0.2, 0.25) is 0 Å². The summed E-state index contributed by atoms with van der Waals surface area (Å²) < 4.78 is 48.5. The quantitative estimate of drug-likeness (QED) is 0.111. The molecule has 0 bridgehead atoms. The van der Waals surface area contributed by atoms with Gasteiger partial charge in [0.25, 0.3) is 14.7 Å². The summed E-state index contributed by atoms with van der Waals surface area (Å²) in [6.45, 7) is 0. The van der Waals surface area contributed by atoms with Gasteiger partial charge in [0.1, 0.15) is 0 Å². The molecule has 0 unspecified atom stereocenters. The van der Waals surface area contributed by atoms with Crippen LogP contribution in [0, 0.1) is 0 Å². The molecule has 2 heterocycles. The molecule has 10 aromatic rings. The number of rotatable bonds is 8. The Labute approximate surface area is 448 Å². The second-order valence-corrected chi connectivity index (χ2v) is 23.6. The normalized spacial score (nSPS) is 10.6. The van der Waals surface area contributed by atoms with Crippen molar-refractivity contribution in [3.63, 3.8) is 0 Å². The fourth-order valence-corrected chi connectivity index (χ4v) is 12.0. The third kappa shape index (κ3) is 19.3. The first-order valence-electron chi connectivity index (χ1n) is 22.3. The summed E-state index contributed by atoms with van der Waals surface area (Å²) >= 11 is 0. The van der Waals surface area contributed by atoms with Crippen LogP contribution in [0.3, 0.4) is 0 Å². The van der Waals surface area contributed by atoms with Crippen molar-refractivity contribution in [2.45, 2.75) is 0 Å². The topological polar surface area (TPSA) is 181 Å². The molecule has 0 aliphatic rings. The average molecular weight is 1230 g/mol. The molecule has 364 valence electrons. The van der Waals surface area contributed by atoms with E-state index in [0.717, 1.165) is 0 Å². The molecule has 0 spiro atoms. The molecular weight excluding hydrogens is 1180 g/mol. The van der Waals surface area contributed by atoms with Crippen LogP contribution in [0.1, 0.15) is 0 Å². The summed E-state index contributed by atoms with van der Waals surface area (Å²) in [5.74, 6) is 0. The minimum absolute atomic E-state index is 0. The number of hydrogen-bond donors (Lipinski definition) is 2. The number of aromatic nitrogens is 2. The molecule has 0 saturated heterocycles. The van der Waals surface area contributed by atoms with Crippen molar-refractivity contribution < 1.29 is 65.5 Å². The molecule has 15 heteroatoms. The zero-order valence-corrected chi connectivity index (χ0v) is 48.7. The van der Waals surface area contributed by atoms with Crippen LogP contribution >= 0.6 is 29.5 Å². The second-order valence-electron chi connectivity index (χ2n) is 15.0. The molecule has 0 aliphatic carbocycles. The maximum absolute atomic E-state index is 12.2. The van der Waals surface area contributed by atoms with E-state index in [4.69, 9.17) is 0 Å². The Balaban J connectivity index is 0.000000195. The van der Waals surface area contributed by atoms with Gasteiger partial charge in [-0.1, -0.05) is 206 Å². The van der Waals surface area contributed by atoms with Crippen LogP contribution in [0.25, 0.3) is 0 Å². The van der Waals surface area contributed by atoms with Gasteiger partial charge in [-0.3, -0.25) is 19.1 Å². The fourth-order valence-electron chi connectivity index (χ4n) is 6.24. The summed E-state index contributed by atoms with van der Waals surface area (Å²) in [5.41, 5.74) is 0. The molecule has 0 atom stereocenters. The Bertz CT molecular complexity index is 2580. The number of benzene rings is 8. The Kier molecular flexibility index (Phi) is 25.5. The molecule has 0 saturated carbocycles. The Morgan fingerprint density at radius 2 is 0.384 bits per heavy atom. The van der Waals surface area contributed by atoms with Crippen molar-refractivity contribution in [1.29, 1.82) is 0 Å². The summed E-state index contributed by atoms with van der Waals surface area (Å²) in [6, 6.07) is 80.2. The minimum atomic E-state index is -3.65. The fraction of sp³-hybridized carbons (Fsp3) is 0. The average Bonchev–Trinajstić information content (AvgIpc) is 3.47. The summed E-state index contributed by atoms with van der Waals surface area (Å²) in [7, 11) is -14.1. The zero-order valence-electron chi connectivity index (χ0n) is 39.6.